The molecule has 0 saturated carbocycles. The van der Waals surface area contributed by atoms with Gasteiger partial charge in [-0.25, -0.2) is 4.79 Å². The third-order valence-corrected chi connectivity index (χ3v) is 6.15. The van der Waals surface area contributed by atoms with Crippen molar-refractivity contribution in [2.75, 3.05) is 6.54 Å². The average Bonchev–Trinajstić information content (AvgIpc) is 3.09. The van der Waals surface area contributed by atoms with Gasteiger partial charge in [-0.2, -0.15) is 0 Å². The fraction of sp³-hybridized carbons (Fsp3) is 0.478. The molecule has 1 atom stereocenters. The van der Waals surface area contributed by atoms with E-state index >= 15 is 0 Å². The van der Waals surface area contributed by atoms with E-state index in [4.69, 9.17) is 16.7 Å². The second kappa shape index (κ2) is 9.14. The molecule has 0 bridgehead atoms. The van der Waals surface area contributed by atoms with E-state index in [-0.39, 0.29) is 22.1 Å². The minimum atomic E-state index is -0.939. The highest BCUT2D eigenvalue weighted by atomic mass is 35.5. The van der Waals surface area contributed by atoms with Crippen LogP contribution < -0.4 is 5.56 Å². The van der Waals surface area contributed by atoms with Gasteiger partial charge in [0.25, 0.3) is 5.56 Å². The molecule has 6 heteroatoms. The summed E-state index contributed by atoms with van der Waals surface area (Å²) in [5, 5.41) is 9.32. The number of carboxylic acids is 1. The lowest BCUT2D eigenvalue weighted by Crippen LogP contribution is -2.33. The Morgan fingerprint density at radius 1 is 1.28 bits per heavy atom. The zero-order chi connectivity index (χ0) is 21.1. The maximum Gasteiger partial charge on any atom is 0.335 e. The van der Waals surface area contributed by atoms with Crippen molar-refractivity contribution in [3.63, 3.8) is 0 Å². The molecular weight excluding hydrogens is 388 g/mol. The summed E-state index contributed by atoms with van der Waals surface area (Å²) >= 11 is 6.31. The number of carboxylic acid groups (broad SMARTS) is 1. The molecule has 2 heterocycles. The predicted molar refractivity (Wildman–Crippen MR) is 116 cm³/mol. The summed E-state index contributed by atoms with van der Waals surface area (Å²) in [6.07, 6.45) is 3.01. The van der Waals surface area contributed by atoms with Gasteiger partial charge in [0, 0.05) is 24.8 Å². The number of likely N-dealkylation sites (tertiary alicyclic amines) is 1. The van der Waals surface area contributed by atoms with Crippen LogP contribution in [0.1, 0.15) is 66.7 Å². The number of benzene rings is 1. The minimum absolute atomic E-state index is 0.153. The van der Waals surface area contributed by atoms with Gasteiger partial charge in [0.05, 0.1) is 5.56 Å². The van der Waals surface area contributed by atoms with Gasteiger partial charge in [-0.15, -0.1) is 0 Å². The zero-order valence-corrected chi connectivity index (χ0v) is 18.1. The molecule has 1 aliphatic heterocycles. The van der Waals surface area contributed by atoms with E-state index in [0.717, 1.165) is 29.9 Å². The lowest BCUT2D eigenvalue weighted by atomic mass is 10.00. The quantitative estimate of drug-likeness (QED) is 0.719. The SMILES string of the molecule is CC(C)c1cc(Cl)c(=O)n(CCc2ccc(C(=O)O)cc2)c1CN1CCCC1C. The molecule has 1 aliphatic rings. The first kappa shape index (κ1) is 21.6. The monoisotopic (exact) mass is 416 g/mol. The van der Waals surface area contributed by atoms with Crippen molar-refractivity contribution in [1.82, 2.24) is 9.47 Å². The Balaban J connectivity index is 1.92. The van der Waals surface area contributed by atoms with E-state index in [1.807, 2.05) is 22.8 Å². The molecule has 1 saturated heterocycles. The van der Waals surface area contributed by atoms with Crippen molar-refractivity contribution >= 4 is 17.6 Å². The third-order valence-electron chi connectivity index (χ3n) is 5.88. The van der Waals surface area contributed by atoms with Crippen molar-refractivity contribution in [1.29, 1.82) is 0 Å². The number of hydrogen-bond acceptors (Lipinski definition) is 3. The molecule has 1 unspecified atom stereocenters. The summed E-state index contributed by atoms with van der Waals surface area (Å²) in [4.78, 5) is 26.4. The summed E-state index contributed by atoms with van der Waals surface area (Å²) < 4.78 is 1.83. The third kappa shape index (κ3) is 4.90. The molecule has 5 nitrogen and oxygen atoms in total. The Hall–Kier alpha value is -2.11. The Bertz CT molecular complexity index is 934. The summed E-state index contributed by atoms with van der Waals surface area (Å²) in [7, 11) is 0. The van der Waals surface area contributed by atoms with E-state index < -0.39 is 5.97 Å². The number of hydrogen-bond donors (Lipinski definition) is 1. The summed E-state index contributed by atoms with van der Waals surface area (Å²) in [6.45, 7) is 8.81. The molecule has 156 valence electrons. The average molecular weight is 417 g/mol. The number of aromatic nitrogens is 1. The van der Waals surface area contributed by atoms with Gasteiger partial charge in [-0.05, 0) is 68.0 Å². The highest BCUT2D eigenvalue weighted by molar-refractivity contribution is 6.30. The Morgan fingerprint density at radius 2 is 1.97 bits per heavy atom. The van der Waals surface area contributed by atoms with Crippen LogP contribution in [0.15, 0.2) is 35.1 Å². The Labute approximate surface area is 176 Å². The van der Waals surface area contributed by atoms with E-state index in [2.05, 4.69) is 25.7 Å². The van der Waals surface area contributed by atoms with Crippen molar-refractivity contribution in [3.05, 3.63) is 68.1 Å². The molecule has 3 rings (SSSR count). The second-order valence-electron chi connectivity index (χ2n) is 8.22. The van der Waals surface area contributed by atoms with Gasteiger partial charge < -0.3 is 9.67 Å². The van der Waals surface area contributed by atoms with Crippen molar-refractivity contribution in [2.45, 2.75) is 65.1 Å². The van der Waals surface area contributed by atoms with Gasteiger partial charge in [0.15, 0.2) is 0 Å². The van der Waals surface area contributed by atoms with Crippen LogP contribution in [0.5, 0.6) is 0 Å². The second-order valence-corrected chi connectivity index (χ2v) is 8.63. The first-order valence-electron chi connectivity index (χ1n) is 10.3. The fourth-order valence-corrected chi connectivity index (χ4v) is 4.30. The normalized spacial score (nSPS) is 17.2. The van der Waals surface area contributed by atoms with Crippen LogP contribution in [0.4, 0.5) is 0 Å². The number of aromatic carboxylic acids is 1. The molecule has 0 spiro atoms. The number of nitrogens with zero attached hydrogens (tertiary/aromatic N) is 2. The maximum atomic E-state index is 12.9. The molecule has 1 N–H and O–H groups in total. The largest absolute Gasteiger partial charge is 0.478 e. The van der Waals surface area contributed by atoms with E-state index in [9.17, 15) is 9.59 Å². The number of halogens is 1. The summed E-state index contributed by atoms with van der Waals surface area (Å²) in [5.74, 6) is -0.673. The van der Waals surface area contributed by atoms with Crippen LogP contribution in [0, 0.1) is 0 Å². The number of rotatable bonds is 7. The number of carbonyl (C=O) groups is 1. The minimum Gasteiger partial charge on any atom is -0.478 e. The summed E-state index contributed by atoms with van der Waals surface area (Å²) in [6, 6.07) is 9.17. The molecule has 0 amide bonds. The van der Waals surface area contributed by atoms with Crippen molar-refractivity contribution in [3.8, 4) is 0 Å². The highest BCUT2D eigenvalue weighted by Gasteiger charge is 2.24. The fourth-order valence-electron chi connectivity index (χ4n) is 4.08. The molecule has 1 fully saturated rings. The highest BCUT2D eigenvalue weighted by Crippen LogP contribution is 2.26. The van der Waals surface area contributed by atoms with Crippen LogP contribution in [0.2, 0.25) is 5.02 Å². The van der Waals surface area contributed by atoms with Gasteiger partial charge >= 0.3 is 5.97 Å². The Morgan fingerprint density at radius 3 is 2.52 bits per heavy atom. The Kier molecular flexibility index (Phi) is 6.81. The molecule has 0 aliphatic carbocycles. The van der Waals surface area contributed by atoms with E-state index in [1.165, 1.54) is 12.8 Å². The topological polar surface area (TPSA) is 62.5 Å². The van der Waals surface area contributed by atoms with E-state index in [0.29, 0.717) is 19.0 Å². The van der Waals surface area contributed by atoms with Crippen LogP contribution in [0.25, 0.3) is 0 Å². The first-order valence-corrected chi connectivity index (χ1v) is 10.6. The van der Waals surface area contributed by atoms with Crippen LogP contribution in [-0.2, 0) is 19.5 Å². The van der Waals surface area contributed by atoms with Crippen molar-refractivity contribution in [2.24, 2.45) is 0 Å². The smallest absolute Gasteiger partial charge is 0.335 e. The predicted octanol–water partition coefficient (Wildman–Crippen LogP) is 4.55. The lowest BCUT2D eigenvalue weighted by Gasteiger charge is -2.26. The van der Waals surface area contributed by atoms with Gasteiger partial charge in [-0.3, -0.25) is 9.69 Å². The molecular formula is C23H29ClN2O3. The van der Waals surface area contributed by atoms with E-state index in [1.54, 1.807) is 12.1 Å². The number of aryl methyl sites for hydroxylation is 1. The summed E-state index contributed by atoms with van der Waals surface area (Å²) in [5.41, 5.74) is 3.27. The molecule has 1 aromatic heterocycles. The molecule has 29 heavy (non-hydrogen) atoms. The molecule has 2 aromatic rings. The van der Waals surface area contributed by atoms with Crippen molar-refractivity contribution < 1.29 is 9.90 Å². The van der Waals surface area contributed by atoms with Gasteiger partial charge in [-0.1, -0.05) is 37.6 Å². The molecule has 0 radical (unpaired) electrons. The van der Waals surface area contributed by atoms with Gasteiger partial charge in [0.1, 0.15) is 5.02 Å². The lowest BCUT2D eigenvalue weighted by molar-refractivity contribution is 0.0697. The van der Waals surface area contributed by atoms with Crippen LogP contribution in [0.3, 0.4) is 0 Å². The first-order chi connectivity index (χ1) is 13.8. The molecule has 1 aromatic carbocycles. The number of pyridine rings is 1. The van der Waals surface area contributed by atoms with Crippen LogP contribution in [-0.4, -0.2) is 33.1 Å². The zero-order valence-electron chi connectivity index (χ0n) is 17.3. The standard InChI is InChI=1S/C23H29ClN2O3/c1-15(2)19-13-20(24)22(27)26(21(19)14-25-11-4-5-16(25)3)12-10-17-6-8-18(9-7-17)23(28)29/h6-9,13,15-16H,4-5,10-12,14H2,1-3H3,(H,28,29). The maximum absolute atomic E-state index is 12.9. The van der Waals surface area contributed by atoms with Crippen LogP contribution >= 0.6 is 11.6 Å². The van der Waals surface area contributed by atoms with Gasteiger partial charge in [0.2, 0.25) is 0 Å².